The van der Waals surface area contributed by atoms with Crippen LogP contribution < -0.4 is 5.32 Å². The Morgan fingerprint density at radius 2 is 2.11 bits per heavy atom. The number of benzene rings is 1. The van der Waals surface area contributed by atoms with E-state index in [1.54, 1.807) is 0 Å². The molecule has 0 aromatic heterocycles. The van der Waals surface area contributed by atoms with Gasteiger partial charge in [0.25, 0.3) is 0 Å². The smallest absolute Gasteiger partial charge is 0.333 e. The largest absolute Gasteiger partial charge is 0.466 e. The van der Waals surface area contributed by atoms with E-state index in [1.165, 1.54) is 18.2 Å². The molecule has 0 saturated carbocycles. The molecule has 0 atom stereocenters. The Hall–Kier alpha value is -1.77. The van der Waals surface area contributed by atoms with E-state index in [-0.39, 0.29) is 5.97 Å². The highest BCUT2D eigenvalue weighted by molar-refractivity contribution is 5.88. The maximum Gasteiger partial charge on any atom is 0.333 e. The molecule has 0 aliphatic carbocycles. The quantitative estimate of drug-likeness (QED) is 0.641. The lowest BCUT2D eigenvalue weighted by atomic mass is 10.1. The van der Waals surface area contributed by atoms with Crippen LogP contribution in [0.15, 0.2) is 29.8 Å². The van der Waals surface area contributed by atoms with Crippen molar-refractivity contribution >= 4 is 11.7 Å². The third-order valence-corrected chi connectivity index (χ3v) is 3.07. The first-order valence-electron chi connectivity index (χ1n) is 6.17. The van der Waals surface area contributed by atoms with Gasteiger partial charge in [-0.2, -0.15) is 0 Å². The lowest BCUT2D eigenvalue weighted by Gasteiger charge is -2.10. The molecular formula is C15H21NO2. The van der Waals surface area contributed by atoms with Crippen LogP contribution in [-0.2, 0) is 9.53 Å². The third-order valence-electron chi connectivity index (χ3n) is 3.07. The molecule has 1 rings (SSSR count). The Balaban J connectivity index is 2.68. The number of carbonyl (C=O) groups excluding carboxylic acids is 1. The number of methoxy groups -OCH3 is 1. The Bertz CT molecular complexity index is 450. The number of esters is 1. The van der Waals surface area contributed by atoms with Crippen LogP contribution in [0.2, 0.25) is 0 Å². The number of carbonyl (C=O) groups is 1. The fraction of sp³-hybridized carbons (Fsp3) is 0.400. The molecule has 0 amide bonds. The average Bonchev–Trinajstić information content (AvgIpc) is 2.38. The van der Waals surface area contributed by atoms with Crippen molar-refractivity contribution in [1.82, 2.24) is 0 Å². The standard InChI is InChI=1S/C15H21NO2/c1-5-13(15(17)18-4)9-10-16-14-8-6-7-11(2)12(14)3/h6-9,16H,5,10H2,1-4H3/b13-9-. The van der Waals surface area contributed by atoms with E-state index in [9.17, 15) is 4.79 Å². The lowest BCUT2D eigenvalue weighted by Crippen LogP contribution is -2.08. The van der Waals surface area contributed by atoms with Crippen molar-refractivity contribution in [3.63, 3.8) is 0 Å². The van der Waals surface area contributed by atoms with Crippen molar-refractivity contribution in [3.05, 3.63) is 41.0 Å². The summed E-state index contributed by atoms with van der Waals surface area (Å²) in [4.78, 5) is 11.4. The molecule has 3 heteroatoms. The fourth-order valence-corrected chi connectivity index (χ4v) is 1.73. The number of rotatable bonds is 5. The summed E-state index contributed by atoms with van der Waals surface area (Å²) in [6.07, 6.45) is 2.56. The minimum absolute atomic E-state index is 0.250. The molecule has 0 spiro atoms. The van der Waals surface area contributed by atoms with Gasteiger partial charge in [0.15, 0.2) is 0 Å². The van der Waals surface area contributed by atoms with E-state index in [0.29, 0.717) is 18.5 Å². The molecule has 98 valence electrons. The van der Waals surface area contributed by atoms with Crippen LogP contribution in [0, 0.1) is 13.8 Å². The van der Waals surface area contributed by atoms with Gasteiger partial charge in [-0.1, -0.05) is 25.1 Å². The Morgan fingerprint density at radius 1 is 1.39 bits per heavy atom. The van der Waals surface area contributed by atoms with E-state index < -0.39 is 0 Å². The second-order valence-corrected chi connectivity index (χ2v) is 4.20. The fourth-order valence-electron chi connectivity index (χ4n) is 1.73. The predicted octanol–water partition coefficient (Wildman–Crippen LogP) is 3.22. The first kappa shape index (κ1) is 14.3. The van der Waals surface area contributed by atoms with Gasteiger partial charge in [0, 0.05) is 17.8 Å². The second-order valence-electron chi connectivity index (χ2n) is 4.20. The summed E-state index contributed by atoms with van der Waals surface area (Å²) in [5.74, 6) is -0.250. The highest BCUT2D eigenvalue weighted by Gasteiger charge is 2.06. The van der Waals surface area contributed by atoms with Gasteiger partial charge in [0.05, 0.1) is 7.11 Å². The summed E-state index contributed by atoms with van der Waals surface area (Å²) < 4.78 is 4.71. The van der Waals surface area contributed by atoms with Crippen LogP contribution in [0.1, 0.15) is 24.5 Å². The van der Waals surface area contributed by atoms with Gasteiger partial charge < -0.3 is 10.1 Å². The van der Waals surface area contributed by atoms with Crippen LogP contribution in [0.25, 0.3) is 0 Å². The van der Waals surface area contributed by atoms with Crippen molar-refractivity contribution in [3.8, 4) is 0 Å². The molecule has 0 heterocycles. The lowest BCUT2D eigenvalue weighted by molar-refractivity contribution is -0.136. The minimum Gasteiger partial charge on any atom is -0.466 e. The number of nitrogens with one attached hydrogen (secondary N) is 1. The van der Waals surface area contributed by atoms with Crippen LogP contribution in [-0.4, -0.2) is 19.6 Å². The van der Waals surface area contributed by atoms with Crippen molar-refractivity contribution in [2.24, 2.45) is 0 Å². The van der Waals surface area contributed by atoms with Crippen molar-refractivity contribution in [2.75, 3.05) is 19.0 Å². The summed E-state index contributed by atoms with van der Waals surface area (Å²) in [6.45, 7) is 6.74. The molecule has 18 heavy (non-hydrogen) atoms. The zero-order valence-corrected chi connectivity index (χ0v) is 11.5. The van der Waals surface area contributed by atoms with Gasteiger partial charge in [-0.05, 0) is 37.5 Å². The molecule has 1 aromatic carbocycles. The number of hydrogen-bond acceptors (Lipinski definition) is 3. The summed E-state index contributed by atoms with van der Waals surface area (Å²) >= 11 is 0. The van der Waals surface area contributed by atoms with E-state index in [2.05, 4.69) is 25.2 Å². The molecule has 0 bridgehead atoms. The van der Waals surface area contributed by atoms with E-state index in [1.807, 2.05) is 25.1 Å². The molecule has 0 radical (unpaired) electrons. The van der Waals surface area contributed by atoms with Gasteiger partial charge in [-0.15, -0.1) is 0 Å². The van der Waals surface area contributed by atoms with Crippen LogP contribution in [0.3, 0.4) is 0 Å². The molecule has 1 aromatic rings. The predicted molar refractivity (Wildman–Crippen MR) is 74.8 cm³/mol. The molecule has 3 nitrogen and oxygen atoms in total. The van der Waals surface area contributed by atoms with Crippen molar-refractivity contribution in [2.45, 2.75) is 27.2 Å². The minimum atomic E-state index is -0.250. The summed E-state index contributed by atoms with van der Waals surface area (Å²) in [5.41, 5.74) is 4.30. The zero-order chi connectivity index (χ0) is 13.5. The summed E-state index contributed by atoms with van der Waals surface area (Å²) in [6, 6.07) is 6.15. The van der Waals surface area contributed by atoms with Crippen LogP contribution >= 0.6 is 0 Å². The second kappa shape index (κ2) is 6.84. The van der Waals surface area contributed by atoms with E-state index in [4.69, 9.17) is 4.74 Å². The zero-order valence-electron chi connectivity index (χ0n) is 11.5. The first-order valence-corrected chi connectivity index (χ1v) is 6.17. The number of hydrogen-bond donors (Lipinski definition) is 1. The highest BCUT2D eigenvalue weighted by atomic mass is 16.5. The maximum atomic E-state index is 11.4. The van der Waals surface area contributed by atoms with E-state index >= 15 is 0 Å². The average molecular weight is 247 g/mol. The van der Waals surface area contributed by atoms with Gasteiger partial charge in [0.2, 0.25) is 0 Å². The van der Waals surface area contributed by atoms with Gasteiger partial charge in [0.1, 0.15) is 0 Å². The van der Waals surface area contributed by atoms with Crippen molar-refractivity contribution < 1.29 is 9.53 Å². The molecule has 1 N–H and O–H groups in total. The normalized spacial score (nSPS) is 11.2. The molecule has 0 unspecified atom stereocenters. The monoisotopic (exact) mass is 247 g/mol. The maximum absolute atomic E-state index is 11.4. The molecule has 0 fully saturated rings. The van der Waals surface area contributed by atoms with Gasteiger partial charge in [-0.25, -0.2) is 4.79 Å². The molecular weight excluding hydrogens is 226 g/mol. The summed E-state index contributed by atoms with van der Waals surface area (Å²) in [7, 11) is 1.41. The topological polar surface area (TPSA) is 38.3 Å². The Kier molecular flexibility index (Phi) is 5.43. The highest BCUT2D eigenvalue weighted by Crippen LogP contribution is 2.17. The Morgan fingerprint density at radius 3 is 2.72 bits per heavy atom. The van der Waals surface area contributed by atoms with Crippen LogP contribution in [0.4, 0.5) is 5.69 Å². The van der Waals surface area contributed by atoms with Crippen molar-refractivity contribution in [1.29, 1.82) is 0 Å². The number of anilines is 1. The number of ether oxygens (including phenoxy) is 1. The van der Waals surface area contributed by atoms with E-state index in [0.717, 1.165) is 5.69 Å². The summed E-state index contributed by atoms with van der Waals surface area (Å²) in [5, 5.41) is 3.31. The molecule has 0 aliphatic heterocycles. The number of aryl methyl sites for hydroxylation is 1. The molecule has 0 aliphatic rings. The van der Waals surface area contributed by atoms with Gasteiger partial charge in [-0.3, -0.25) is 0 Å². The first-order chi connectivity index (χ1) is 8.60. The van der Waals surface area contributed by atoms with Gasteiger partial charge >= 0.3 is 5.97 Å². The Labute approximate surface area is 109 Å². The SMILES string of the molecule is CC/C(=C/CNc1cccc(C)c1C)C(=O)OC. The molecule has 0 saturated heterocycles. The van der Waals surface area contributed by atoms with Crippen LogP contribution in [0.5, 0.6) is 0 Å². The third kappa shape index (κ3) is 3.62.